The molecular weight excluding hydrogens is 220 g/mol. The van der Waals surface area contributed by atoms with Crippen molar-refractivity contribution in [2.45, 2.75) is 20.3 Å². The van der Waals surface area contributed by atoms with E-state index < -0.39 is 5.97 Å². The molecule has 0 heterocycles. The van der Waals surface area contributed by atoms with E-state index in [1.54, 1.807) is 13.0 Å². The number of nitrogens with one attached hydrogen (secondary N) is 1. The van der Waals surface area contributed by atoms with E-state index in [1.807, 2.05) is 6.92 Å². The van der Waals surface area contributed by atoms with Crippen molar-refractivity contribution < 1.29 is 14.7 Å². The number of amides is 1. The Morgan fingerprint density at radius 1 is 1.47 bits per heavy atom. The zero-order valence-electron chi connectivity index (χ0n) is 9.86. The Labute approximate surface area is 99.6 Å². The van der Waals surface area contributed by atoms with Crippen LogP contribution in [0.2, 0.25) is 0 Å². The molecule has 1 amide bonds. The lowest BCUT2D eigenvalue weighted by Crippen LogP contribution is -2.21. The van der Waals surface area contributed by atoms with Crippen molar-refractivity contribution in [2.24, 2.45) is 5.92 Å². The summed E-state index contributed by atoms with van der Waals surface area (Å²) < 4.78 is 0. The second kappa shape index (κ2) is 5.34. The molecule has 4 N–H and O–H groups in total. The second-order valence-corrected chi connectivity index (χ2v) is 3.91. The summed E-state index contributed by atoms with van der Waals surface area (Å²) in [6.07, 6.45) is 0.698. The Morgan fingerprint density at radius 2 is 2.12 bits per heavy atom. The highest BCUT2D eigenvalue weighted by Crippen LogP contribution is 2.20. The van der Waals surface area contributed by atoms with Gasteiger partial charge in [0.2, 0.25) is 5.91 Å². The number of carbonyl (C=O) groups is 2. The first-order valence-corrected chi connectivity index (χ1v) is 5.39. The van der Waals surface area contributed by atoms with Gasteiger partial charge < -0.3 is 16.2 Å². The Kier molecular flexibility index (Phi) is 4.09. The number of carboxylic acids is 1. The van der Waals surface area contributed by atoms with E-state index >= 15 is 0 Å². The lowest BCUT2D eigenvalue weighted by atomic mass is 10.1. The molecule has 1 atom stereocenters. The molecule has 0 saturated carbocycles. The van der Waals surface area contributed by atoms with Crippen LogP contribution in [0.15, 0.2) is 18.2 Å². The maximum Gasteiger partial charge on any atom is 0.337 e. The number of hydrogen-bond acceptors (Lipinski definition) is 3. The number of rotatable bonds is 4. The highest BCUT2D eigenvalue weighted by molar-refractivity contribution is 6.01. The Hall–Kier alpha value is -2.04. The lowest BCUT2D eigenvalue weighted by Gasteiger charge is -2.12. The van der Waals surface area contributed by atoms with Crippen molar-refractivity contribution in [2.75, 3.05) is 11.1 Å². The van der Waals surface area contributed by atoms with Crippen molar-refractivity contribution in [3.05, 3.63) is 23.8 Å². The average molecular weight is 236 g/mol. The van der Waals surface area contributed by atoms with E-state index in [-0.39, 0.29) is 23.1 Å². The zero-order chi connectivity index (χ0) is 13.0. The van der Waals surface area contributed by atoms with Gasteiger partial charge in [0.05, 0.1) is 11.3 Å². The topological polar surface area (TPSA) is 92.4 Å². The maximum atomic E-state index is 11.7. The maximum absolute atomic E-state index is 11.7. The van der Waals surface area contributed by atoms with Crippen molar-refractivity contribution in [3.63, 3.8) is 0 Å². The van der Waals surface area contributed by atoms with Crippen molar-refractivity contribution in [1.29, 1.82) is 0 Å². The number of carboxylic acid groups (broad SMARTS) is 1. The average Bonchev–Trinajstić information content (AvgIpc) is 2.29. The van der Waals surface area contributed by atoms with Gasteiger partial charge in [-0.1, -0.05) is 13.8 Å². The molecular formula is C12H16N2O3. The summed E-state index contributed by atoms with van der Waals surface area (Å²) >= 11 is 0. The van der Waals surface area contributed by atoms with Crippen molar-refractivity contribution in [3.8, 4) is 0 Å². The molecule has 0 aromatic heterocycles. The first-order valence-electron chi connectivity index (χ1n) is 5.39. The van der Waals surface area contributed by atoms with Gasteiger partial charge in [0.25, 0.3) is 0 Å². The highest BCUT2D eigenvalue weighted by atomic mass is 16.4. The van der Waals surface area contributed by atoms with Crippen LogP contribution in [0, 0.1) is 5.92 Å². The Morgan fingerprint density at radius 3 is 2.65 bits per heavy atom. The summed E-state index contributed by atoms with van der Waals surface area (Å²) in [5.74, 6) is -1.47. The van der Waals surface area contributed by atoms with Gasteiger partial charge in [-0.3, -0.25) is 4.79 Å². The van der Waals surface area contributed by atoms with Gasteiger partial charge in [0.15, 0.2) is 0 Å². The molecule has 1 aromatic rings. The quantitative estimate of drug-likeness (QED) is 0.696. The molecule has 1 unspecified atom stereocenters. The molecule has 1 aromatic carbocycles. The van der Waals surface area contributed by atoms with Crippen molar-refractivity contribution >= 4 is 23.3 Å². The van der Waals surface area contributed by atoms with Crippen LogP contribution in [0.4, 0.5) is 11.4 Å². The number of nitrogen functional groups attached to an aromatic ring is 1. The molecule has 0 spiro atoms. The molecule has 0 radical (unpaired) electrons. The van der Waals surface area contributed by atoms with Gasteiger partial charge in [0.1, 0.15) is 0 Å². The minimum absolute atomic E-state index is 0.00153. The lowest BCUT2D eigenvalue weighted by molar-refractivity contribution is -0.119. The number of anilines is 2. The second-order valence-electron chi connectivity index (χ2n) is 3.91. The first-order chi connectivity index (χ1) is 7.95. The number of aromatic carboxylic acids is 1. The minimum Gasteiger partial charge on any atom is -0.478 e. The first kappa shape index (κ1) is 13.0. The van der Waals surface area contributed by atoms with Crippen LogP contribution < -0.4 is 11.1 Å². The van der Waals surface area contributed by atoms with E-state index in [1.165, 1.54) is 12.1 Å². The number of nitrogens with two attached hydrogens (primary N) is 1. The third kappa shape index (κ3) is 3.21. The van der Waals surface area contributed by atoms with Crippen LogP contribution in [-0.2, 0) is 4.79 Å². The molecule has 0 aliphatic rings. The smallest absolute Gasteiger partial charge is 0.337 e. The molecule has 5 nitrogen and oxygen atoms in total. The monoisotopic (exact) mass is 236 g/mol. The van der Waals surface area contributed by atoms with E-state index in [4.69, 9.17) is 10.8 Å². The van der Waals surface area contributed by atoms with Crippen molar-refractivity contribution in [1.82, 2.24) is 0 Å². The zero-order valence-corrected chi connectivity index (χ0v) is 9.86. The largest absolute Gasteiger partial charge is 0.478 e. The van der Waals surface area contributed by atoms with Crippen LogP contribution in [0.3, 0.4) is 0 Å². The summed E-state index contributed by atoms with van der Waals surface area (Å²) in [5, 5.41) is 11.6. The van der Waals surface area contributed by atoms with Crippen LogP contribution in [0.25, 0.3) is 0 Å². The molecule has 0 aliphatic carbocycles. The van der Waals surface area contributed by atoms with E-state index in [9.17, 15) is 9.59 Å². The van der Waals surface area contributed by atoms with Gasteiger partial charge in [-0.05, 0) is 24.6 Å². The third-order valence-corrected chi connectivity index (χ3v) is 2.59. The Bertz CT molecular complexity index is 443. The third-order valence-electron chi connectivity index (χ3n) is 2.59. The van der Waals surface area contributed by atoms with Gasteiger partial charge in [-0.25, -0.2) is 4.79 Å². The molecule has 0 fully saturated rings. The van der Waals surface area contributed by atoms with Crippen LogP contribution in [-0.4, -0.2) is 17.0 Å². The summed E-state index contributed by atoms with van der Waals surface area (Å²) in [6, 6.07) is 4.38. The number of carbonyl (C=O) groups excluding carboxylic acids is 1. The van der Waals surface area contributed by atoms with Gasteiger partial charge in [0, 0.05) is 11.6 Å². The molecule has 1 rings (SSSR count). The summed E-state index contributed by atoms with van der Waals surface area (Å²) in [6.45, 7) is 3.68. The fourth-order valence-electron chi connectivity index (χ4n) is 1.29. The Balaban J connectivity index is 2.98. The van der Waals surface area contributed by atoms with E-state index in [0.717, 1.165) is 0 Å². The molecule has 5 heteroatoms. The number of hydrogen-bond donors (Lipinski definition) is 3. The van der Waals surface area contributed by atoms with Crippen LogP contribution >= 0.6 is 0 Å². The van der Waals surface area contributed by atoms with Gasteiger partial charge in [-0.15, -0.1) is 0 Å². The highest BCUT2D eigenvalue weighted by Gasteiger charge is 2.15. The predicted molar refractivity (Wildman–Crippen MR) is 65.9 cm³/mol. The summed E-state index contributed by atoms with van der Waals surface area (Å²) in [5.41, 5.74) is 6.13. The summed E-state index contributed by atoms with van der Waals surface area (Å²) in [4.78, 5) is 22.7. The minimum atomic E-state index is -1.11. The van der Waals surface area contributed by atoms with Crippen LogP contribution in [0.5, 0.6) is 0 Å². The van der Waals surface area contributed by atoms with Gasteiger partial charge in [-0.2, -0.15) is 0 Å². The summed E-state index contributed by atoms with van der Waals surface area (Å²) in [7, 11) is 0. The molecule has 17 heavy (non-hydrogen) atoms. The predicted octanol–water partition coefficient (Wildman–Crippen LogP) is 1.95. The van der Waals surface area contributed by atoms with Crippen LogP contribution in [0.1, 0.15) is 30.6 Å². The van der Waals surface area contributed by atoms with Gasteiger partial charge >= 0.3 is 5.97 Å². The fraction of sp³-hybridized carbons (Fsp3) is 0.333. The standard InChI is InChI=1S/C12H16N2O3/c1-3-7(2)11(15)14-10-5-4-8(13)6-9(10)12(16)17/h4-7H,3,13H2,1-2H3,(H,14,15)(H,16,17). The number of benzene rings is 1. The SMILES string of the molecule is CCC(C)C(=O)Nc1ccc(N)cc1C(=O)O. The van der Waals surface area contributed by atoms with E-state index in [2.05, 4.69) is 5.32 Å². The molecule has 0 bridgehead atoms. The molecule has 92 valence electrons. The molecule has 0 aliphatic heterocycles. The fourth-order valence-corrected chi connectivity index (χ4v) is 1.29. The van der Waals surface area contributed by atoms with E-state index in [0.29, 0.717) is 12.1 Å². The normalized spacial score (nSPS) is 11.9. The molecule has 0 saturated heterocycles.